The summed E-state index contributed by atoms with van der Waals surface area (Å²) in [5.74, 6) is 0. The van der Waals surface area contributed by atoms with E-state index in [0.717, 1.165) is 81.8 Å². The number of hydrogen-bond donors (Lipinski definition) is 0. The van der Waals surface area contributed by atoms with Crippen LogP contribution in [-0.2, 0) is 37.9 Å². The Morgan fingerprint density at radius 3 is 0.945 bits per heavy atom. The Morgan fingerprint density at radius 2 is 0.490 bits per heavy atom. The minimum atomic E-state index is -0.457. The van der Waals surface area contributed by atoms with Crippen LogP contribution in [0.25, 0.3) is 177 Å². The number of anilines is 3. The number of benzene rings is 16. The molecule has 0 amide bonds. The van der Waals surface area contributed by atoms with Crippen LogP contribution in [0.2, 0.25) is 0 Å². The van der Waals surface area contributed by atoms with Crippen LogP contribution in [0.4, 0.5) is 17.1 Å². The molecule has 0 aliphatic heterocycles. The lowest BCUT2D eigenvalue weighted by Crippen LogP contribution is -2.26. The lowest BCUT2D eigenvalue weighted by atomic mass is 9.70. The van der Waals surface area contributed by atoms with Gasteiger partial charge in [0.2, 0.25) is 0 Å². The smallest absolute Gasteiger partial charge is 0.144 e. The maximum absolute atomic E-state index is 7.54. The predicted octanol–water partition coefficient (Wildman–Crippen LogP) is 41.4. The van der Waals surface area contributed by atoms with Crippen molar-refractivity contribution in [3.8, 4) is 111 Å². The first kappa shape index (κ1) is 91.6. The van der Waals surface area contributed by atoms with Crippen LogP contribution in [0.1, 0.15) is 329 Å². The molecule has 0 radical (unpaired) electrons. The van der Waals surface area contributed by atoms with E-state index in [2.05, 4.69) is 387 Å². The van der Waals surface area contributed by atoms with Gasteiger partial charge in [0.05, 0.1) is 0 Å². The summed E-state index contributed by atoms with van der Waals surface area (Å²) in [6.45, 7) is 34.3. The van der Waals surface area contributed by atoms with Gasteiger partial charge in [-0.25, -0.2) is 0 Å². The maximum atomic E-state index is 7.54. The summed E-state index contributed by atoms with van der Waals surface area (Å²) in [5.41, 5.74) is 52.8. The van der Waals surface area contributed by atoms with Crippen molar-refractivity contribution in [2.24, 2.45) is 0 Å². The Bertz CT molecular complexity index is 8510. The first-order chi connectivity index (χ1) is 70.5. The van der Waals surface area contributed by atoms with Crippen molar-refractivity contribution in [3.05, 3.63) is 363 Å². The Kier molecular flexibility index (Phi) is 21.8. The van der Waals surface area contributed by atoms with Crippen LogP contribution in [0.3, 0.4) is 0 Å². The minimum Gasteiger partial charge on any atom is -0.455 e. The van der Waals surface area contributed by atoms with Gasteiger partial charge in [-0.2, -0.15) is 0 Å². The Morgan fingerprint density at radius 1 is 0.200 bits per heavy atom. The van der Waals surface area contributed by atoms with E-state index in [1.54, 1.807) is 11.1 Å². The second-order valence-electron chi connectivity index (χ2n) is 47.2. The van der Waals surface area contributed by atoms with Crippen LogP contribution < -0.4 is 4.90 Å². The van der Waals surface area contributed by atoms with E-state index in [-0.39, 0.29) is 27.1 Å². The second kappa shape index (κ2) is 34.4. The van der Waals surface area contributed by atoms with Crippen molar-refractivity contribution in [3.63, 3.8) is 0 Å². The summed E-state index contributed by atoms with van der Waals surface area (Å²) in [7, 11) is 0. The fourth-order valence-corrected chi connectivity index (χ4v) is 30.0. The summed E-state index contributed by atoms with van der Waals surface area (Å²) in [4.78, 5) is 2.69. The van der Waals surface area contributed by atoms with E-state index in [4.69, 9.17) is 13.3 Å². The highest BCUT2D eigenvalue weighted by atomic mass is 16.3. The molecule has 145 heavy (non-hydrogen) atoms. The van der Waals surface area contributed by atoms with Crippen molar-refractivity contribution in [2.45, 2.75) is 289 Å². The third-order valence-corrected chi connectivity index (χ3v) is 37.1. The third-order valence-electron chi connectivity index (χ3n) is 37.1. The predicted molar refractivity (Wildman–Crippen MR) is 613 cm³/mol. The van der Waals surface area contributed by atoms with Gasteiger partial charge < -0.3 is 18.2 Å². The zero-order valence-electron chi connectivity index (χ0n) is 87.8. The Hall–Kier alpha value is -13.3. The summed E-state index contributed by atoms with van der Waals surface area (Å²) in [6.07, 6.45) is 29.4. The molecule has 0 saturated heterocycles. The molecule has 0 atom stereocenters. The van der Waals surface area contributed by atoms with E-state index in [9.17, 15) is 0 Å². The summed E-state index contributed by atoms with van der Waals surface area (Å²) < 4.78 is 22.2. The molecule has 3 aromatic heterocycles. The molecule has 724 valence electrons. The average Bonchev–Trinajstić information content (AvgIpc) is 1.50. The van der Waals surface area contributed by atoms with E-state index in [0.29, 0.717) is 0 Å². The SMILES string of the molecule is CCCCCCCC1(CCCCCCC)c2ccccc2-c2ccc(-c3ccc4c(c3)C(C)(C)c3cc(-c5ccc(-c6cc7c(c8c6oc6ccccc68)-c6ccc(N(c8ccc9c(c8)C(C)(C)c8c%10c(c%11c(oc%12ccccc%12%11)c8-9)-c8ccccc8C%10(C)C)c8ccc9c(c8)C(C)(C)c8c%10c(c%11oc%12ccccc%12c%11c8-9)-c8ccccc8C%10(C)C)cc6C7(CCCCCCC)CCCCCCC)cc5)ccc3-4)cc21. The lowest BCUT2D eigenvalue weighted by molar-refractivity contribution is 0.399. The average molecular weight is 1890 g/mol. The van der Waals surface area contributed by atoms with Crippen LogP contribution >= 0.6 is 0 Å². The Labute approximate surface area is 858 Å². The number of fused-ring (bicyclic) bond motifs is 37. The van der Waals surface area contributed by atoms with E-state index in [1.807, 2.05) is 0 Å². The van der Waals surface area contributed by atoms with Gasteiger partial charge in [0.25, 0.3) is 0 Å². The fraction of sp³-hybridized carbons (Fsp3) is 0.319. The van der Waals surface area contributed by atoms with Crippen LogP contribution in [0, 0.1) is 0 Å². The van der Waals surface area contributed by atoms with Crippen LogP contribution in [0.5, 0.6) is 0 Å². The van der Waals surface area contributed by atoms with Gasteiger partial charge >= 0.3 is 0 Å². The molecule has 3 heterocycles. The van der Waals surface area contributed by atoms with Gasteiger partial charge in [-0.05, 0) is 277 Å². The highest BCUT2D eigenvalue weighted by Gasteiger charge is 2.54. The van der Waals surface area contributed by atoms with Crippen molar-refractivity contribution in [1.82, 2.24) is 0 Å². The molecule has 16 aromatic carbocycles. The fourth-order valence-electron chi connectivity index (χ4n) is 30.0. The number of unbranched alkanes of at least 4 members (excludes halogenated alkanes) is 16. The quantitative estimate of drug-likeness (QED) is 0.0421. The molecule has 0 fully saturated rings. The molecule has 0 unspecified atom stereocenters. The van der Waals surface area contributed by atoms with Gasteiger partial charge in [0, 0.05) is 104 Å². The standard InChI is InChI=1S/C141H137NO3/c1-15-19-23-27-43-75-140(76-44-28-24-20-16-2)109-55-39-31-47-94(109)97-71-65-90(81-114(97)140)89-64-70-96-95-69-63-88(79-110(95)135(5,6)111(96)80-89)86-59-61-87(62-60-86)106-85-116-120(123-103-50-34-40-56-117(103)143-132(106)123)102-74-68-93(84-115(102)141(116,77-45-29-25-21-17-3)78-46-30-26-22-18-4)142(91-66-72-100-112(82-91)138(11,12)129-122(100)125-105-52-36-42-58-119(105)144-133(125)126-99-49-33-38-54-108(99)137(9,10)130(126)129)92-67-73-101-113(83-92)139(13,14)131-127(101)134-124(104-51-35-41-57-118(104)145-134)121-98-48-32-37-53-107(98)136(7,8)128(121)131/h31-42,47-74,79-85H,15-30,43-46,75-78H2,1-14H3. The largest absolute Gasteiger partial charge is 0.455 e. The summed E-state index contributed by atoms with van der Waals surface area (Å²) >= 11 is 0. The maximum Gasteiger partial charge on any atom is 0.144 e. The topological polar surface area (TPSA) is 42.7 Å². The first-order valence-corrected chi connectivity index (χ1v) is 55.7. The third kappa shape index (κ3) is 13.5. The molecule has 4 nitrogen and oxygen atoms in total. The molecule has 7 aliphatic rings. The monoisotopic (exact) mass is 1890 g/mol. The molecule has 26 rings (SSSR count). The number of hydrogen-bond acceptors (Lipinski definition) is 4. The van der Waals surface area contributed by atoms with E-state index >= 15 is 0 Å². The number of para-hydroxylation sites is 3. The summed E-state index contributed by atoms with van der Waals surface area (Å²) in [6, 6.07) is 112. The van der Waals surface area contributed by atoms with Crippen molar-refractivity contribution in [2.75, 3.05) is 4.90 Å². The molecule has 7 aliphatic carbocycles. The molecule has 0 N–H and O–H groups in total. The summed E-state index contributed by atoms with van der Waals surface area (Å²) in [5, 5.41) is 7.18. The molecule has 0 spiro atoms. The van der Waals surface area contributed by atoms with Gasteiger partial charge in [0.1, 0.15) is 33.5 Å². The number of nitrogens with zero attached hydrogens (tertiary/aromatic N) is 1. The van der Waals surface area contributed by atoms with Gasteiger partial charge in [0.15, 0.2) is 0 Å². The molecule has 19 aromatic rings. The van der Waals surface area contributed by atoms with Crippen molar-refractivity contribution < 1.29 is 13.3 Å². The van der Waals surface area contributed by atoms with E-state index in [1.165, 1.54) is 333 Å². The van der Waals surface area contributed by atoms with Crippen molar-refractivity contribution in [1.29, 1.82) is 0 Å². The number of furan rings is 3. The molecular formula is C141H137NO3. The molecule has 4 heteroatoms. The van der Waals surface area contributed by atoms with Gasteiger partial charge in [-0.3, -0.25) is 0 Å². The number of rotatable bonds is 30. The normalized spacial score (nSPS) is 15.9. The lowest BCUT2D eigenvalue weighted by Gasteiger charge is -2.35. The first-order valence-electron chi connectivity index (χ1n) is 55.7. The zero-order valence-corrected chi connectivity index (χ0v) is 87.8. The van der Waals surface area contributed by atoms with Gasteiger partial charge in [-0.15, -0.1) is 0 Å². The second-order valence-corrected chi connectivity index (χ2v) is 47.2. The van der Waals surface area contributed by atoms with Gasteiger partial charge in [-0.1, -0.05) is 432 Å². The Balaban J connectivity index is 0.620. The van der Waals surface area contributed by atoms with Crippen molar-refractivity contribution >= 4 is 82.9 Å². The highest BCUT2D eigenvalue weighted by molar-refractivity contribution is 6.24. The zero-order chi connectivity index (χ0) is 98.7. The molecular weight excluding hydrogens is 1760 g/mol. The minimum absolute atomic E-state index is 0.0261. The molecule has 0 saturated carbocycles. The van der Waals surface area contributed by atoms with E-state index < -0.39 is 10.8 Å². The molecule has 0 bridgehead atoms. The van der Waals surface area contributed by atoms with Crippen LogP contribution in [-0.4, -0.2) is 0 Å². The highest BCUT2D eigenvalue weighted by Crippen LogP contribution is 2.69. The van der Waals surface area contributed by atoms with Crippen LogP contribution in [0.15, 0.2) is 298 Å².